The molecule has 9 heteroatoms. The summed E-state index contributed by atoms with van der Waals surface area (Å²) in [6, 6.07) is 4.56. The molecule has 0 bridgehead atoms. The molecule has 0 atom stereocenters. The van der Waals surface area contributed by atoms with Crippen molar-refractivity contribution < 1.29 is 13.2 Å². The minimum absolute atomic E-state index is 0.0507. The monoisotopic (exact) mass is 330 g/mol. The van der Waals surface area contributed by atoms with Crippen molar-refractivity contribution in [3.63, 3.8) is 0 Å². The first-order valence-electron chi connectivity index (χ1n) is 6.06. The number of hydrogen-bond acceptors (Lipinski definition) is 5. The van der Waals surface area contributed by atoms with Crippen molar-refractivity contribution >= 4 is 33.1 Å². The van der Waals surface area contributed by atoms with Crippen LogP contribution in [0.4, 0.5) is 11.5 Å². The van der Waals surface area contributed by atoms with Crippen LogP contribution in [0.3, 0.4) is 0 Å². The Labute approximate surface area is 127 Å². The third-order valence-electron chi connectivity index (χ3n) is 2.77. The summed E-state index contributed by atoms with van der Waals surface area (Å²) in [5.74, 6) is 0.319. The van der Waals surface area contributed by atoms with Gasteiger partial charge in [-0.15, -0.1) is 0 Å². The maximum absolute atomic E-state index is 12.3. The number of anilines is 2. The molecule has 1 heterocycles. The molecule has 2 aromatic rings. The van der Waals surface area contributed by atoms with Crippen LogP contribution in [0.5, 0.6) is 5.75 Å². The fraction of sp³-hybridized carbons (Fsp3) is 0.250. The van der Waals surface area contributed by atoms with Crippen LogP contribution in [0, 0.1) is 0 Å². The molecule has 1 aromatic carbocycles. The number of nitrogen functional groups attached to an aromatic ring is 1. The van der Waals surface area contributed by atoms with Crippen molar-refractivity contribution in [1.29, 1.82) is 0 Å². The van der Waals surface area contributed by atoms with Gasteiger partial charge in [0.05, 0.1) is 17.8 Å². The van der Waals surface area contributed by atoms with Crippen LogP contribution in [0.15, 0.2) is 29.3 Å². The molecule has 2 rings (SSSR count). The Hall–Kier alpha value is -1.93. The molecule has 21 heavy (non-hydrogen) atoms. The zero-order chi connectivity index (χ0) is 15.6. The Bertz CT molecular complexity index is 758. The summed E-state index contributed by atoms with van der Waals surface area (Å²) >= 11 is 5.90. The van der Waals surface area contributed by atoms with Gasteiger partial charge in [0.1, 0.15) is 10.6 Å². The van der Waals surface area contributed by atoms with Gasteiger partial charge in [0.15, 0.2) is 5.82 Å². The SMILES string of the molecule is CCn1cc(S(=O)(=O)Nc2ccc(Cl)c(OC)c2)c(N)n1. The Balaban J connectivity index is 2.35. The number of halogens is 1. The van der Waals surface area contributed by atoms with E-state index in [1.165, 1.54) is 36.2 Å². The van der Waals surface area contributed by atoms with Crippen LogP contribution in [-0.4, -0.2) is 25.3 Å². The lowest BCUT2D eigenvalue weighted by molar-refractivity contribution is 0.415. The fourth-order valence-corrected chi connectivity index (χ4v) is 3.04. The Kier molecular flexibility index (Phi) is 4.29. The first kappa shape index (κ1) is 15.5. The highest BCUT2D eigenvalue weighted by atomic mass is 35.5. The first-order chi connectivity index (χ1) is 9.87. The second-order valence-electron chi connectivity index (χ2n) is 4.19. The number of nitrogens with one attached hydrogen (secondary N) is 1. The number of nitrogens with two attached hydrogens (primary N) is 1. The fourth-order valence-electron chi connectivity index (χ4n) is 1.72. The molecule has 0 saturated heterocycles. The highest BCUT2D eigenvalue weighted by Crippen LogP contribution is 2.29. The smallest absolute Gasteiger partial charge is 0.267 e. The topological polar surface area (TPSA) is 99.2 Å². The van der Waals surface area contributed by atoms with E-state index in [-0.39, 0.29) is 10.7 Å². The predicted octanol–water partition coefficient (Wildman–Crippen LogP) is 1.95. The van der Waals surface area contributed by atoms with Gasteiger partial charge in [-0.25, -0.2) is 8.42 Å². The largest absolute Gasteiger partial charge is 0.495 e. The van der Waals surface area contributed by atoms with Gasteiger partial charge in [0.25, 0.3) is 10.0 Å². The van der Waals surface area contributed by atoms with Crippen LogP contribution < -0.4 is 15.2 Å². The second kappa shape index (κ2) is 5.82. The van der Waals surface area contributed by atoms with Crippen molar-refractivity contribution in [3.8, 4) is 5.75 Å². The maximum atomic E-state index is 12.3. The van der Waals surface area contributed by atoms with Gasteiger partial charge < -0.3 is 10.5 Å². The Morgan fingerprint density at radius 2 is 2.19 bits per heavy atom. The number of methoxy groups -OCH3 is 1. The number of aromatic nitrogens is 2. The molecule has 0 fully saturated rings. The lowest BCUT2D eigenvalue weighted by Gasteiger charge is -2.09. The average molecular weight is 331 g/mol. The summed E-state index contributed by atoms with van der Waals surface area (Å²) in [5.41, 5.74) is 5.96. The summed E-state index contributed by atoms with van der Waals surface area (Å²) in [6.45, 7) is 2.36. The van der Waals surface area contributed by atoms with Crippen molar-refractivity contribution in [2.24, 2.45) is 0 Å². The molecular formula is C12H15ClN4O3S. The van der Waals surface area contributed by atoms with Gasteiger partial charge in [-0.05, 0) is 19.1 Å². The maximum Gasteiger partial charge on any atom is 0.267 e. The van der Waals surface area contributed by atoms with Crippen LogP contribution in [0.2, 0.25) is 5.02 Å². The van der Waals surface area contributed by atoms with E-state index in [1.807, 2.05) is 6.92 Å². The first-order valence-corrected chi connectivity index (χ1v) is 7.92. The predicted molar refractivity (Wildman–Crippen MR) is 81.1 cm³/mol. The highest BCUT2D eigenvalue weighted by Gasteiger charge is 2.21. The molecule has 7 nitrogen and oxygen atoms in total. The molecule has 0 aliphatic rings. The standard InChI is InChI=1S/C12H15ClN4O3S/c1-3-17-7-11(12(14)15-17)21(18,19)16-8-4-5-9(13)10(6-8)20-2/h4-7,16H,3H2,1-2H3,(H2,14,15). The summed E-state index contributed by atoms with van der Waals surface area (Å²) in [6.07, 6.45) is 1.38. The molecule has 0 amide bonds. The van der Waals surface area contributed by atoms with E-state index < -0.39 is 10.0 Å². The summed E-state index contributed by atoms with van der Waals surface area (Å²) in [4.78, 5) is -0.0710. The Morgan fingerprint density at radius 3 is 2.76 bits per heavy atom. The molecular weight excluding hydrogens is 316 g/mol. The normalized spacial score (nSPS) is 11.4. The number of benzene rings is 1. The molecule has 0 aliphatic heterocycles. The van der Waals surface area contributed by atoms with Crippen molar-refractivity contribution in [1.82, 2.24) is 9.78 Å². The lowest BCUT2D eigenvalue weighted by atomic mass is 10.3. The third-order valence-corrected chi connectivity index (χ3v) is 4.48. The lowest BCUT2D eigenvalue weighted by Crippen LogP contribution is -2.14. The average Bonchev–Trinajstić information content (AvgIpc) is 2.83. The quantitative estimate of drug-likeness (QED) is 0.872. The molecule has 0 unspecified atom stereocenters. The Morgan fingerprint density at radius 1 is 1.48 bits per heavy atom. The molecule has 1 aromatic heterocycles. The van der Waals surface area contributed by atoms with E-state index in [2.05, 4.69) is 9.82 Å². The molecule has 3 N–H and O–H groups in total. The number of nitrogens with zero attached hydrogens (tertiary/aromatic N) is 2. The number of ether oxygens (including phenoxy) is 1. The highest BCUT2D eigenvalue weighted by molar-refractivity contribution is 7.92. The summed E-state index contributed by atoms with van der Waals surface area (Å²) in [5, 5.41) is 4.30. The van der Waals surface area contributed by atoms with E-state index in [0.29, 0.717) is 23.0 Å². The number of sulfonamides is 1. The van der Waals surface area contributed by atoms with Gasteiger partial charge in [0, 0.05) is 18.8 Å². The second-order valence-corrected chi connectivity index (χ2v) is 6.25. The molecule has 0 spiro atoms. The minimum Gasteiger partial charge on any atom is -0.495 e. The van der Waals surface area contributed by atoms with Crippen LogP contribution in [0.1, 0.15) is 6.92 Å². The van der Waals surface area contributed by atoms with Crippen LogP contribution in [-0.2, 0) is 16.6 Å². The minimum atomic E-state index is -3.83. The molecule has 0 aliphatic carbocycles. The number of hydrogen-bond donors (Lipinski definition) is 2. The van der Waals surface area contributed by atoms with Gasteiger partial charge in [-0.1, -0.05) is 11.6 Å². The number of rotatable bonds is 5. The summed E-state index contributed by atoms with van der Waals surface area (Å²) < 4.78 is 33.5. The van der Waals surface area contributed by atoms with Crippen molar-refractivity contribution in [2.75, 3.05) is 17.6 Å². The van der Waals surface area contributed by atoms with Gasteiger partial charge in [0.2, 0.25) is 0 Å². The van der Waals surface area contributed by atoms with Gasteiger partial charge >= 0.3 is 0 Å². The number of aryl methyl sites for hydroxylation is 1. The van der Waals surface area contributed by atoms with E-state index in [9.17, 15) is 8.42 Å². The van der Waals surface area contributed by atoms with E-state index in [1.54, 1.807) is 0 Å². The molecule has 0 saturated carbocycles. The summed E-state index contributed by atoms with van der Waals surface area (Å²) in [7, 11) is -2.38. The van der Waals surface area contributed by atoms with E-state index in [4.69, 9.17) is 22.1 Å². The van der Waals surface area contributed by atoms with Crippen LogP contribution >= 0.6 is 11.6 Å². The van der Waals surface area contributed by atoms with Crippen LogP contribution in [0.25, 0.3) is 0 Å². The molecule has 0 radical (unpaired) electrons. The van der Waals surface area contributed by atoms with Crippen molar-refractivity contribution in [3.05, 3.63) is 29.4 Å². The van der Waals surface area contributed by atoms with Gasteiger partial charge in [-0.3, -0.25) is 9.40 Å². The zero-order valence-corrected chi connectivity index (χ0v) is 13.1. The third kappa shape index (κ3) is 3.22. The van der Waals surface area contributed by atoms with Gasteiger partial charge in [-0.2, -0.15) is 5.10 Å². The van der Waals surface area contributed by atoms with Crippen molar-refractivity contribution in [2.45, 2.75) is 18.4 Å². The van der Waals surface area contributed by atoms with E-state index in [0.717, 1.165) is 0 Å². The van der Waals surface area contributed by atoms with E-state index >= 15 is 0 Å². The zero-order valence-electron chi connectivity index (χ0n) is 11.5. The molecule has 114 valence electrons.